The molecule has 0 radical (unpaired) electrons. The zero-order valence-electron chi connectivity index (χ0n) is 11.1. The molecule has 1 aliphatic heterocycles. The number of halogens is 1. The molecule has 0 amide bonds. The maximum absolute atomic E-state index is 12.3. The van der Waals surface area contributed by atoms with E-state index in [0.29, 0.717) is 23.4 Å². The molecule has 1 atom stereocenters. The lowest BCUT2D eigenvalue weighted by Crippen LogP contribution is -2.45. The molecule has 1 unspecified atom stereocenters. The fraction of sp³-hybridized carbons (Fsp3) is 0.500. The largest absolute Gasteiger partial charge is 0.495 e. The van der Waals surface area contributed by atoms with E-state index >= 15 is 0 Å². The quantitative estimate of drug-likeness (QED) is 0.805. The summed E-state index contributed by atoms with van der Waals surface area (Å²) in [6.45, 7) is 2.25. The molecule has 1 heterocycles. The van der Waals surface area contributed by atoms with E-state index in [9.17, 15) is 8.42 Å². The van der Waals surface area contributed by atoms with E-state index in [1.807, 2.05) is 0 Å². The van der Waals surface area contributed by atoms with Crippen LogP contribution in [0.4, 0.5) is 0 Å². The minimum absolute atomic E-state index is 0.109. The molecule has 1 aromatic carbocycles. The Labute approximate surface area is 127 Å². The molecule has 0 spiro atoms. The third-order valence-electron chi connectivity index (χ3n) is 2.92. The summed E-state index contributed by atoms with van der Waals surface area (Å²) in [5.41, 5.74) is 0. The Bertz CT molecular complexity index is 559. The van der Waals surface area contributed by atoms with E-state index in [4.69, 9.17) is 9.47 Å². The van der Waals surface area contributed by atoms with Crippen LogP contribution in [0.3, 0.4) is 0 Å². The number of sulfonamides is 1. The van der Waals surface area contributed by atoms with Gasteiger partial charge in [0.25, 0.3) is 0 Å². The minimum Gasteiger partial charge on any atom is -0.495 e. The number of ether oxygens (including phenoxy) is 2. The Hall–Kier alpha value is -0.670. The highest BCUT2D eigenvalue weighted by atomic mass is 79.9. The van der Waals surface area contributed by atoms with E-state index in [-0.39, 0.29) is 17.5 Å². The summed E-state index contributed by atoms with van der Waals surface area (Å²) in [7, 11) is -2.20. The van der Waals surface area contributed by atoms with E-state index in [2.05, 4.69) is 26.0 Å². The fourth-order valence-corrected chi connectivity index (χ4v) is 3.66. The number of nitrogens with one attached hydrogen (secondary N) is 2. The molecule has 0 aliphatic carbocycles. The van der Waals surface area contributed by atoms with Gasteiger partial charge in [0, 0.05) is 24.1 Å². The molecule has 0 aromatic heterocycles. The fourth-order valence-electron chi connectivity index (χ4n) is 1.89. The molecule has 1 fully saturated rings. The van der Waals surface area contributed by atoms with E-state index < -0.39 is 10.0 Å². The minimum atomic E-state index is -3.64. The van der Waals surface area contributed by atoms with Gasteiger partial charge in [0.15, 0.2) is 0 Å². The zero-order valence-corrected chi connectivity index (χ0v) is 13.5. The van der Waals surface area contributed by atoms with Gasteiger partial charge in [-0.3, -0.25) is 0 Å². The van der Waals surface area contributed by atoms with Crippen LogP contribution >= 0.6 is 15.9 Å². The molecule has 1 saturated heterocycles. The molecule has 2 N–H and O–H groups in total. The SMILES string of the molecule is COc1ccc(Br)cc1S(=O)(=O)NCC1CNCCO1. The van der Waals surface area contributed by atoms with Crippen LogP contribution in [0, 0.1) is 0 Å². The van der Waals surface area contributed by atoms with Crippen LogP contribution in [0.25, 0.3) is 0 Å². The third-order valence-corrected chi connectivity index (χ3v) is 4.86. The van der Waals surface area contributed by atoms with Gasteiger partial charge in [-0.2, -0.15) is 0 Å². The first-order chi connectivity index (χ1) is 9.53. The van der Waals surface area contributed by atoms with Gasteiger partial charge in [0.05, 0.1) is 19.8 Å². The van der Waals surface area contributed by atoms with Gasteiger partial charge in [-0.15, -0.1) is 0 Å². The van der Waals surface area contributed by atoms with Crippen LogP contribution in [-0.2, 0) is 14.8 Å². The summed E-state index contributed by atoms with van der Waals surface area (Å²) in [6.07, 6.45) is -0.156. The van der Waals surface area contributed by atoms with Crippen LogP contribution in [-0.4, -0.2) is 47.9 Å². The van der Waals surface area contributed by atoms with Crippen LogP contribution < -0.4 is 14.8 Å². The van der Waals surface area contributed by atoms with E-state index in [0.717, 1.165) is 6.54 Å². The second-order valence-corrected chi connectivity index (χ2v) is 7.00. The number of rotatable bonds is 5. The monoisotopic (exact) mass is 364 g/mol. The number of benzene rings is 1. The predicted octanol–water partition coefficient (Wildman–Crippen LogP) is 0.724. The van der Waals surface area contributed by atoms with E-state index in [1.165, 1.54) is 13.2 Å². The summed E-state index contributed by atoms with van der Waals surface area (Å²) in [4.78, 5) is 0.109. The predicted molar refractivity (Wildman–Crippen MR) is 78.5 cm³/mol. The first-order valence-corrected chi connectivity index (χ1v) is 8.46. The lowest BCUT2D eigenvalue weighted by molar-refractivity contribution is 0.0324. The smallest absolute Gasteiger partial charge is 0.244 e. The van der Waals surface area contributed by atoms with E-state index in [1.54, 1.807) is 12.1 Å². The first-order valence-electron chi connectivity index (χ1n) is 6.18. The lowest BCUT2D eigenvalue weighted by atomic mass is 10.3. The Kier molecular flexibility index (Phi) is 5.39. The zero-order chi connectivity index (χ0) is 14.6. The second-order valence-electron chi connectivity index (χ2n) is 4.34. The number of methoxy groups -OCH3 is 1. The van der Waals surface area contributed by atoms with Gasteiger partial charge in [-0.05, 0) is 18.2 Å². The van der Waals surface area contributed by atoms with Gasteiger partial charge in [-0.25, -0.2) is 13.1 Å². The highest BCUT2D eigenvalue weighted by Crippen LogP contribution is 2.27. The molecule has 0 saturated carbocycles. The summed E-state index contributed by atoms with van der Waals surface area (Å²) in [5, 5.41) is 3.15. The Balaban J connectivity index is 2.11. The van der Waals surface area contributed by atoms with Crippen LogP contribution in [0.1, 0.15) is 0 Å². The van der Waals surface area contributed by atoms with Gasteiger partial charge < -0.3 is 14.8 Å². The second kappa shape index (κ2) is 6.86. The Morgan fingerprint density at radius 1 is 1.55 bits per heavy atom. The maximum Gasteiger partial charge on any atom is 0.244 e. The third kappa shape index (κ3) is 3.92. The molecule has 2 rings (SSSR count). The molecule has 20 heavy (non-hydrogen) atoms. The topological polar surface area (TPSA) is 76.7 Å². The lowest BCUT2D eigenvalue weighted by Gasteiger charge is -2.23. The van der Waals surface area contributed by atoms with Gasteiger partial charge in [0.2, 0.25) is 10.0 Å². The van der Waals surface area contributed by atoms with Crippen LogP contribution in [0.2, 0.25) is 0 Å². The van der Waals surface area contributed by atoms with Crippen molar-refractivity contribution in [3.63, 3.8) is 0 Å². The summed E-state index contributed by atoms with van der Waals surface area (Å²) in [5.74, 6) is 0.309. The van der Waals surface area contributed by atoms with Crippen molar-refractivity contribution in [3.8, 4) is 5.75 Å². The molecule has 1 aliphatic rings. The average molecular weight is 365 g/mol. The van der Waals surface area contributed by atoms with Crippen molar-refractivity contribution >= 4 is 26.0 Å². The average Bonchev–Trinajstić information content (AvgIpc) is 2.46. The molecule has 6 nitrogen and oxygen atoms in total. The highest BCUT2D eigenvalue weighted by Gasteiger charge is 2.22. The van der Waals surface area contributed by atoms with Gasteiger partial charge >= 0.3 is 0 Å². The van der Waals surface area contributed by atoms with Crippen molar-refractivity contribution in [2.24, 2.45) is 0 Å². The summed E-state index contributed by atoms with van der Waals surface area (Å²) in [6, 6.07) is 4.85. The van der Waals surface area contributed by atoms with Crippen LogP contribution in [0.15, 0.2) is 27.6 Å². The van der Waals surface area contributed by atoms with Crippen molar-refractivity contribution in [2.45, 2.75) is 11.0 Å². The van der Waals surface area contributed by atoms with Crippen molar-refractivity contribution in [1.29, 1.82) is 0 Å². The van der Waals surface area contributed by atoms with Gasteiger partial charge in [-0.1, -0.05) is 15.9 Å². The summed E-state index contributed by atoms with van der Waals surface area (Å²) < 4.78 is 38.4. The molecule has 8 heteroatoms. The summed E-state index contributed by atoms with van der Waals surface area (Å²) >= 11 is 3.26. The first kappa shape index (κ1) is 15.7. The Morgan fingerprint density at radius 2 is 2.35 bits per heavy atom. The van der Waals surface area contributed by atoms with Crippen molar-refractivity contribution in [3.05, 3.63) is 22.7 Å². The Morgan fingerprint density at radius 3 is 3.00 bits per heavy atom. The number of hydrogen-bond donors (Lipinski definition) is 2. The molecule has 112 valence electrons. The molecule has 1 aromatic rings. The molecule has 0 bridgehead atoms. The normalized spacial score (nSPS) is 19.8. The molecular formula is C12H17BrN2O4S. The number of hydrogen-bond acceptors (Lipinski definition) is 5. The van der Waals surface area contributed by atoms with Crippen molar-refractivity contribution < 1.29 is 17.9 Å². The number of morpholine rings is 1. The van der Waals surface area contributed by atoms with Crippen molar-refractivity contribution in [1.82, 2.24) is 10.0 Å². The highest BCUT2D eigenvalue weighted by molar-refractivity contribution is 9.10. The van der Waals surface area contributed by atoms with Gasteiger partial charge in [0.1, 0.15) is 10.6 Å². The maximum atomic E-state index is 12.3. The molecular weight excluding hydrogens is 348 g/mol. The van der Waals surface area contributed by atoms with Crippen LogP contribution in [0.5, 0.6) is 5.75 Å². The standard InChI is InChI=1S/C12H17BrN2O4S/c1-18-11-3-2-9(13)6-12(11)20(16,17)15-8-10-7-14-4-5-19-10/h2-3,6,10,14-15H,4-5,7-8H2,1H3. The van der Waals surface area contributed by atoms with Crippen molar-refractivity contribution in [2.75, 3.05) is 33.4 Å².